The Morgan fingerprint density at radius 3 is 1.95 bits per heavy atom. The predicted molar refractivity (Wildman–Crippen MR) is 108 cm³/mol. The molecule has 0 amide bonds. The van der Waals surface area contributed by atoms with Gasteiger partial charge in [0.2, 0.25) is 0 Å². The summed E-state index contributed by atoms with van der Waals surface area (Å²) in [5.41, 5.74) is 0. The predicted octanol–water partition coefficient (Wildman–Crippen LogP) is 4.57. The Morgan fingerprint density at radius 1 is 0.864 bits per heavy atom. The van der Waals surface area contributed by atoms with Gasteiger partial charge in [0.25, 0.3) is 0 Å². The molecule has 1 atom stereocenters. The summed E-state index contributed by atoms with van der Waals surface area (Å²) in [5, 5.41) is 4.96. The molecule has 0 spiro atoms. The highest BCUT2D eigenvalue weighted by Gasteiger charge is 2.41. The molecule has 1 aliphatic rings. The lowest BCUT2D eigenvalue weighted by atomic mass is 10.4. The Bertz CT molecular complexity index is 591. The fourth-order valence-electron chi connectivity index (χ4n) is 3.52. The van der Waals surface area contributed by atoms with Crippen molar-refractivity contribution < 1.29 is 0 Å². The standard InChI is InChI=1S/C18H31NSi3/c1-20(2,3)17-14-11-15-18(17)22(7,19-21(4,5)6)16-12-9-8-10-13-16/h8-14,19H,15H2,1-7H3. The smallest absolute Gasteiger partial charge is 0.176 e. The largest absolute Gasteiger partial charge is 0.353 e. The maximum Gasteiger partial charge on any atom is 0.176 e. The Kier molecular flexibility index (Phi) is 4.88. The van der Waals surface area contributed by atoms with Gasteiger partial charge in [0.15, 0.2) is 8.24 Å². The van der Waals surface area contributed by atoms with Crippen LogP contribution in [0.25, 0.3) is 0 Å². The van der Waals surface area contributed by atoms with Crippen LogP contribution in [0.4, 0.5) is 0 Å². The number of allylic oxidation sites excluding steroid dienone is 4. The molecule has 1 aromatic carbocycles. The summed E-state index contributed by atoms with van der Waals surface area (Å²) in [6.45, 7) is 17.3. The minimum absolute atomic E-state index is 1.15. The summed E-state index contributed by atoms with van der Waals surface area (Å²) in [6, 6.07) is 11.2. The molecule has 0 bridgehead atoms. The summed E-state index contributed by atoms with van der Waals surface area (Å²) in [4.78, 5) is 0. The van der Waals surface area contributed by atoms with E-state index in [1.165, 1.54) is 5.19 Å². The van der Waals surface area contributed by atoms with Gasteiger partial charge in [0, 0.05) is 0 Å². The number of hydrogen-bond acceptors (Lipinski definition) is 1. The van der Waals surface area contributed by atoms with Gasteiger partial charge >= 0.3 is 0 Å². The highest BCUT2D eigenvalue weighted by molar-refractivity contribution is 7.03. The molecule has 22 heavy (non-hydrogen) atoms. The van der Waals surface area contributed by atoms with Crippen molar-refractivity contribution in [3.05, 3.63) is 52.9 Å². The summed E-state index contributed by atoms with van der Waals surface area (Å²) >= 11 is 0. The van der Waals surface area contributed by atoms with Crippen LogP contribution in [-0.2, 0) is 0 Å². The minimum Gasteiger partial charge on any atom is -0.353 e. The number of nitrogens with one attached hydrogen (secondary N) is 1. The van der Waals surface area contributed by atoms with Crippen molar-refractivity contribution in [2.24, 2.45) is 0 Å². The first-order chi connectivity index (χ1) is 10.0. The van der Waals surface area contributed by atoms with Crippen LogP contribution in [0.5, 0.6) is 0 Å². The monoisotopic (exact) mass is 345 g/mol. The summed E-state index contributed by atoms with van der Waals surface area (Å²) in [6.07, 6.45) is 5.97. The van der Waals surface area contributed by atoms with Gasteiger partial charge in [-0.2, -0.15) is 0 Å². The second-order valence-electron chi connectivity index (χ2n) is 8.61. The maximum absolute atomic E-state index is 4.20. The first-order valence-electron chi connectivity index (χ1n) is 8.29. The second kappa shape index (κ2) is 6.07. The van der Waals surface area contributed by atoms with Crippen molar-refractivity contribution in [3.63, 3.8) is 0 Å². The molecule has 4 heteroatoms. The average molecular weight is 346 g/mol. The Morgan fingerprint density at radius 2 is 1.45 bits per heavy atom. The molecule has 0 aliphatic heterocycles. The number of hydrogen-bond donors (Lipinski definition) is 1. The molecule has 0 saturated carbocycles. The van der Waals surface area contributed by atoms with Gasteiger partial charge < -0.3 is 4.65 Å². The zero-order valence-corrected chi connectivity index (χ0v) is 18.2. The van der Waals surface area contributed by atoms with E-state index in [2.05, 4.69) is 93.0 Å². The van der Waals surface area contributed by atoms with Crippen LogP contribution in [-0.4, -0.2) is 24.5 Å². The highest BCUT2D eigenvalue weighted by Crippen LogP contribution is 2.33. The van der Waals surface area contributed by atoms with Gasteiger partial charge in [-0.3, -0.25) is 0 Å². The van der Waals surface area contributed by atoms with Crippen LogP contribution in [0, 0.1) is 0 Å². The number of benzene rings is 1. The van der Waals surface area contributed by atoms with Gasteiger partial charge in [-0.05, 0) is 18.2 Å². The van der Waals surface area contributed by atoms with E-state index in [4.69, 9.17) is 0 Å². The van der Waals surface area contributed by atoms with Crippen LogP contribution >= 0.6 is 0 Å². The molecule has 1 aromatic rings. The SMILES string of the molecule is C[Si](C)(C)N[Si](C)(C1=C([Si](C)(C)C)C=CC1)c1ccccc1. The molecular formula is C18H31NSi3. The lowest BCUT2D eigenvalue weighted by molar-refractivity contribution is 1.25. The third-order valence-electron chi connectivity index (χ3n) is 4.32. The van der Waals surface area contributed by atoms with Crippen molar-refractivity contribution in [2.75, 3.05) is 0 Å². The van der Waals surface area contributed by atoms with E-state index in [-0.39, 0.29) is 0 Å². The van der Waals surface area contributed by atoms with E-state index in [1.807, 2.05) is 0 Å². The third-order valence-corrected chi connectivity index (χ3v) is 14.8. The van der Waals surface area contributed by atoms with Crippen molar-refractivity contribution in [2.45, 2.75) is 52.2 Å². The van der Waals surface area contributed by atoms with Crippen molar-refractivity contribution in [1.29, 1.82) is 0 Å². The van der Waals surface area contributed by atoms with Crippen LogP contribution < -0.4 is 9.83 Å². The van der Waals surface area contributed by atoms with Crippen LogP contribution in [0.3, 0.4) is 0 Å². The van der Waals surface area contributed by atoms with Crippen molar-refractivity contribution >= 4 is 29.7 Å². The lowest BCUT2D eigenvalue weighted by Gasteiger charge is -2.39. The molecule has 1 nitrogen and oxygen atoms in total. The van der Waals surface area contributed by atoms with Gasteiger partial charge in [0.1, 0.15) is 8.24 Å². The topological polar surface area (TPSA) is 12.0 Å². The first-order valence-corrected chi connectivity index (χ1v) is 17.8. The van der Waals surface area contributed by atoms with Gasteiger partial charge in [-0.1, -0.05) is 92.2 Å². The molecule has 2 rings (SSSR count). The second-order valence-corrected chi connectivity index (χ2v) is 22.6. The van der Waals surface area contributed by atoms with E-state index in [1.54, 1.807) is 10.4 Å². The molecule has 0 fully saturated rings. The van der Waals surface area contributed by atoms with Crippen LogP contribution in [0.15, 0.2) is 52.9 Å². The average Bonchev–Trinajstić information content (AvgIpc) is 2.87. The van der Waals surface area contributed by atoms with Gasteiger partial charge in [-0.15, -0.1) is 0 Å². The van der Waals surface area contributed by atoms with Crippen LogP contribution in [0.2, 0.25) is 45.8 Å². The summed E-state index contributed by atoms with van der Waals surface area (Å²) < 4.78 is 4.20. The lowest BCUT2D eigenvalue weighted by Crippen LogP contribution is -2.67. The molecule has 1 unspecified atom stereocenters. The molecule has 0 saturated heterocycles. The Hall–Kier alpha value is -0.689. The van der Waals surface area contributed by atoms with E-state index >= 15 is 0 Å². The molecule has 0 radical (unpaired) electrons. The third kappa shape index (κ3) is 3.79. The zero-order valence-electron chi connectivity index (χ0n) is 15.2. The van der Waals surface area contributed by atoms with Gasteiger partial charge in [-0.25, -0.2) is 0 Å². The first kappa shape index (κ1) is 17.7. The molecule has 0 heterocycles. The maximum atomic E-state index is 4.20. The minimum atomic E-state index is -1.84. The normalized spacial score (nSPS) is 18.7. The molecule has 0 aromatic heterocycles. The highest BCUT2D eigenvalue weighted by atomic mass is 28.4. The molecule has 1 aliphatic carbocycles. The quantitative estimate of drug-likeness (QED) is 0.771. The number of rotatable bonds is 5. The van der Waals surface area contributed by atoms with E-state index in [0.717, 1.165) is 6.42 Å². The molecule has 1 N–H and O–H groups in total. The van der Waals surface area contributed by atoms with E-state index in [0.29, 0.717) is 0 Å². The van der Waals surface area contributed by atoms with E-state index < -0.39 is 24.5 Å². The summed E-state index contributed by atoms with van der Waals surface area (Å²) in [7, 11) is -4.51. The van der Waals surface area contributed by atoms with Gasteiger partial charge in [0.05, 0.1) is 8.07 Å². The van der Waals surface area contributed by atoms with Crippen molar-refractivity contribution in [1.82, 2.24) is 4.65 Å². The van der Waals surface area contributed by atoms with Crippen LogP contribution in [0.1, 0.15) is 6.42 Å². The Labute approximate surface area is 139 Å². The fourth-order valence-corrected chi connectivity index (χ4v) is 16.6. The van der Waals surface area contributed by atoms with Crippen molar-refractivity contribution in [3.8, 4) is 0 Å². The molecular weight excluding hydrogens is 314 g/mol. The van der Waals surface area contributed by atoms with E-state index in [9.17, 15) is 0 Å². The summed E-state index contributed by atoms with van der Waals surface area (Å²) in [5.74, 6) is 0. The fraction of sp³-hybridized carbons (Fsp3) is 0.444. The Balaban J connectivity index is 2.60. The zero-order chi connectivity index (χ0) is 16.6. The molecule has 120 valence electrons.